The fourth-order valence-electron chi connectivity index (χ4n) is 2.82. The van der Waals surface area contributed by atoms with Crippen molar-refractivity contribution < 1.29 is 0 Å². The Hall–Kier alpha value is -1.26. The highest BCUT2D eigenvalue weighted by Crippen LogP contribution is 2.22. The third kappa shape index (κ3) is 3.61. The fraction of sp³-hybridized carbons (Fsp3) is 0.467. The first-order valence-corrected chi connectivity index (χ1v) is 7.78. The van der Waals surface area contributed by atoms with Crippen molar-refractivity contribution in [3.05, 3.63) is 46.7 Å². The van der Waals surface area contributed by atoms with Crippen LogP contribution in [0, 0.1) is 5.92 Å². The molecule has 0 bridgehead atoms. The van der Waals surface area contributed by atoms with Crippen molar-refractivity contribution in [2.24, 2.45) is 5.92 Å². The largest absolute Gasteiger partial charge is 0.298 e. The number of thiazole rings is 1. The summed E-state index contributed by atoms with van der Waals surface area (Å²) in [6.07, 6.45) is 7.63. The molecule has 2 aromatic heterocycles. The van der Waals surface area contributed by atoms with Crippen LogP contribution in [-0.4, -0.2) is 28.0 Å². The van der Waals surface area contributed by atoms with Gasteiger partial charge in [-0.25, -0.2) is 0 Å². The Kier molecular flexibility index (Phi) is 4.20. The van der Waals surface area contributed by atoms with Crippen LogP contribution in [0.1, 0.15) is 23.4 Å². The predicted octanol–water partition coefficient (Wildman–Crippen LogP) is 2.99. The molecule has 0 spiro atoms. The molecule has 1 aliphatic rings. The average Bonchev–Trinajstić information content (AvgIpc) is 2.93. The first-order valence-electron chi connectivity index (χ1n) is 6.90. The summed E-state index contributed by atoms with van der Waals surface area (Å²) in [4.78, 5) is 12.5. The molecule has 100 valence electrons. The minimum absolute atomic E-state index is 0.747. The van der Waals surface area contributed by atoms with Gasteiger partial charge in [0.15, 0.2) is 0 Å². The number of piperidine rings is 1. The van der Waals surface area contributed by atoms with Gasteiger partial charge in [-0.15, -0.1) is 11.3 Å². The second-order valence-electron chi connectivity index (χ2n) is 5.24. The molecule has 0 aromatic carbocycles. The Morgan fingerprint density at radius 1 is 1.37 bits per heavy atom. The number of hydrogen-bond donors (Lipinski definition) is 0. The van der Waals surface area contributed by atoms with E-state index in [1.807, 2.05) is 24.0 Å². The van der Waals surface area contributed by atoms with Crippen LogP contribution in [0.15, 0.2) is 36.1 Å². The molecule has 2 aromatic rings. The van der Waals surface area contributed by atoms with E-state index >= 15 is 0 Å². The van der Waals surface area contributed by atoms with Gasteiger partial charge in [-0.1, -0.05) is 6.07 Å². The summed E-state index contributed by atoms with van der Waals surface area (Å²) in [5, 5.41) is 0. The van der Waals surface area contributed by atoms with Crippen LogP contribution < -0.4 is 0 Å². The number of nitrogens with zero attached hydrogens (tertiary/aromatic N) is 3. The molecule has 1 aliphatic heterocycles. The quantitative estimate of drug-likeness (QED) is 0.857. The monoisotopic (exact) mass is 273 g/mol. The predicted molar refractivity (Wildman–Crippen MR) is 78.1 cm³/mol. The van der Waals surface area contributed by atoms with E-state index in [9.17, 15) is 0 Å². The van der Waals surface area contributed by atoms with Crippen LogP contribution in [0.4, 0.5) is 0 Å². The molecule has 1 saturated heterocycles. The van der Waals surface area contributed by atoms with Gasteiger partial charge in [-0.05, 0) is 43.9 Å². The maximum absolute atomic E-state index is 4.45. The summed E-state index contributed by atoms with van der Waals surface area (Å²) >= 11 is 1.76. The average molecular weight is 273 g/mol. The van der Waals surface area contributed by atoms with Crippen molar-refractivity contribution in [2.75, 3.05) is 13.1 Å². The van der Waals surface area contributed by atoms with E-state index in [-0.39, 0.29) is 0 Å². The van der Waals surface area contributed by atoms with E-state index in [2.05, 4.69) is 27.0 Å². The van der Waals surface area contributed by atoms with Crippen molar-refractivity contribution in [3.63, 3.8) is 0 Å². The topological polar surface area (TPSA) is 29.0 Å². The summed E-state index contributed by atoms with van der Waals surface area (Å²) < 4.78 is 0. The van der Waals surface area contributed by atoms with E-state index < -0.39 is 0 Å². The minimum atomic E-state index is 0.747. The van der Waals surface area contributed by atoms with Crippen molar-refractivity contribution in [1.82, 2.24) is 14.9 Å². The number of hydrogen-bond acceptors (Lipinski definition) is 4. The van der Waals surface area contributed by atoms with E-state index in [1.165, 1.54) is 36.5 Å². The summed E-state index contributed by atoms with van der Waals surface area (Å²) in [7, 11) is 0. The van der Waals surface area contributed by atoms with Crippen molar-refractivity contribution in [3.8, 4) is 0 Å². The third-order valence-electron chi connectivity index (χ3n) is 3.69. The number of pyridine rings is 1. The molecule has 0 radical (unpaired) electrons. The van der Waals surface area contributed by atoms with Crippen LogP contribution in [-0.2, 0) is 13.0 Å². The highest BCUT2D eigenvalue weighted by molar-refractivity contribution is 7.09. The molecule has 4 heteroatoms. The molecule has 0 aliphatic carbocycles. The summed E-state index contributed by atoms with van der Waals surface area (Å²) in [6, 6.07) is 6.21. The van der Waals surface area contributed by atoms with Crippen LogP contribution in [0.5, 0.6) is 0 Å². The van der Waals surface area contributed by atoms with Gasteiger partial charge in [-0.2, -0.15) is 0 Å². The van der Waals surface area contributed by atoms with Gasteiger partial charge >= 0.3 is 0 Å². The minimum Gasteiger partial charge on any atom is -0.298 e. The Morgan fingerprint density at radius 2 is 2.37 bits per heavy atom. The second kappa shape index (κ2) is 6.26. The molecule has 3 heterocycles. The van der Waals surface area contributed by atoms with Crippen LogP contribution in [0.25, 0.3) is 0 Å². The zero-order valence-corrected chi connectivity index (χ0v) is 11.9. The van der Waals surface area contributed by atoms with Gasteiger partial charge in [-0.3, -0.25) is 14.9 Å². The van der Waals surface area contributed by atoms with E-state index in [0.29, 0.717) is 0 Å². The van der Waals surface area contributed by atoms with Crippen molar-refractivity contribution in [1.29, 1.82) is 0 Å². The van der Waals surface area contributed by atoms with Crippen LogP contribution in [0.3, 0.4) is 0 Å². The van der Waals surface area contributed by atoms with Gasteiger partial charge in [0.2, 0.25) is 0 Å². The molecule has 0 N–H and O–H groups in total. The molecule has 0 saturated carbocycles. The third-order valence-corrected chi connectivity index (χ3v) is 4.45. The Bertz CT molecular complexity index is 483. The highest BCUT2D eigenvalue weighted by Gasteiger charge is 2.20. The second-order valence-corrected chi connectivity index (χ2v) is 6.21. The van der Waals surface area contributed by atoms with Gasteiger partial charge < -0.3 is 0 Å². The lowest BCUT2D eigenvalue weighted by Crippen LogP contribution is -2.35. The normalized spacial score (nSPS) is 20.5. The molecule has 1 atom stereocenters. The summed E-state index contributed by atoms with van der Waals surface area (Å²) in [5.74, 6) is 0.747. The Morgan fingerprint density at radius 3 is 3.16 bits per heavy atom. The number of aromatic nitrogens is 2. The first kappa shape index (κ1) is 12.8. The molecule has 19 heavy (non-hydrogen) atoms. The maximum atomic E-state index is 4.45. The van der Waals surface area contributed by atoms with E-state index in [4.69, 9.17) is 0 Å². The zero-order valence-electron chi connectivity index (χ0n) is 11.0. The van der Waals surface area contributed by atoms with Crippen LogP contribution >= 0.6 is 11.3 Å². The lowest BCUT2D eigenvalue weighted by molar-refractivity contribution is 0.167. The SMILES string of the molecule is c1ccc(C[C@H]2CCCN(Cc3cncs3)C2)nc1. The molecule has 3 rings (SSSR count). The fourth-order valence-corrected chi connectivity index (χ4v) is 3.45. The van der Waals surface area contributed by atoms with E-state index in [1.54, 1.807) is 11.3 Å². The first-order chi connectivity index (χ1) is 9.40. The smallest absolute Gasteiger partial charge is 0.0794 e. The molecule has 1 fully saturated rings. The lowest BCUT2D eigenvalue weighted by Gasteiger charge is -2.32. The highest BCUT2D eigenvalue weighted by atomic mass is 32.1. The maximum Gasteiger partial charge on any atom is 0.0794 e. The Balaban J connectivity index is 1.56. The standard InChI is InChI=1S/C15H19N3S/c1-2-6-17-14(5-1)8-13-4-3-7-18(10-13)11-15-9-16-12-19-15/h1-2,5-6,9,12-13H,3-4,7-8,10-11H2/t13-/m1/s1. The molecule has 3 nitrogen and oxygen atoms in total. The van der Waals surface area contributed by atoms with Gasteiger partial charge in [0, 0.05) is 36.1 Å². The molecule has 0 unspecified atom stereocenters. The number of rotatable bonds is 4. The van der Waals surface area contributed by atoms with Crippen LogP contribution in [0.2, 0.25) is 0 Å². The zero-order chi connectivity index (χ0) is 12.9. The summed E-state index contributed by atoms with van der Waals surface area (Å²) in [6.45, 7) is 3.47. The van der Waals surface area contributed by atoms with E-state index in [0.717, 1.165) is 18.9 Å². The molecular formula is C15H19N3S. The molecule has 0 amide bonds. The van der Waals surface area contributed by atoms with Crippen molar-refractivity contribution >= 4 is 11.3 Å². The van der Waals surface area contributed by atoms with Gasteiger partial charge in [0.1, 0.15) is 0 Å². The van der Waals surface area contributed by atoms with Gasteiger partial charge in [0.25, 0.3) is 0 Å². The number of likely N-dealkylation sites (tertiary alicyclic amines) is 1. The van der Waals surface area contributed by atoms with Gasteiger partial charge in [0.05, 0.1) is 5.51 Å². The lowest BCUT2D eigenvalue weighted by atomic mass is 9.93. The summed E-state index contributed by atoms with van der Waals surface area (Å²) in [5.41, 5.74) is 3.15. The molecular weight excluding hydrogens is 254 g/mol. The van der Waals surface area contributed by atoms with Crippen molar-refractivity contribution in [2.45, 2.75) is 25.8 Å². The Labute approximate surface area is 118 Å².